The van der Waals surface area contributed by atoms with Gasteiger partial charge < -0.3 is 10.3 Å². The number of rotatable bonds is 2. The van der Waals surface area contributed by atoms with Crippen molar-refractivity contribution in [3.63, 3.8) is 0 Å². The lowest BCUT2D eigenvalue weighted by molar-refractivity contribution is 0.287. The van der Waals surface area contributed by atoms with Crippen LogP contribution in [0.5, 0.6) is 0 Å². The molecule has 0 radical (unpaired) electrons. The van der Waals surface area contributed by atoms with Gasteiger partial charge in [-0.15, -0.1) is 0 Å². The number of anilines is 1. The predicted octanol–water partition coefficient (Wildman–Crippen LogP) is 4.09. The van der Waals surface area contributed by atoms with Gasteiger partial charge in [-0.2, -0.15) is 0 Å². The van der Waals surface area contributed by atoms with E-state index in [0.29, 0.717) is 0 Å². The van der Waals surface area contributed by atoms with Crippen molar-refractivity contribution in [2.75, 3.05) is 11.9 Å². The van der Waals surface area contributed by atoms with Crippen LogP contribution < -0.4 is 5.32 Å². The Balaban J connectivity index is 1.62. The van der Waals surface area contributed by atoms with E-state index in [1.807, 2.05) is 6.20 Å². The van der Waals surface area contributed by atoms with E-state index in [-0.39, 0.29) is 5.41 Å². The van der Waals surface area contributed by atoms with Crippen LogP contribution in [0.25, 0.3) is 11.2 Å². The minimum absolute atomic E-state index is 0.0427. The lowest BCUT2D eigenvalue weighted by Gasteiger charge is -2.41. The van der Waals surface area contributed by atoms with Gasteiger partial charge in [-0.1, -0.05) is 18.6 Å². The SMILES string of the molecule is Cc1cnc2nc(C3(c4ccc5c(c4)CCCN5)CCC3)[nH]c2c1. The van der Waals surface area contributed by atoms with Crippen LogP contribution in [-0.2, 0) is 11.8 Å². The van der Waals surface area contributed by atoms with Crippen LogP contribution in [0.4, 0.5) is 5.69 Å². The lowest BCUT2D eigenvalue weighted by Crippen LogP contribution is -2.36. The smallest absolute Gasteiger partial charge is 0.177 e. The van der Waals surface area contributed by atoms with E-state index >= 15 is 0 Å². The fourth-order valence-electron chi connectivity index (χ4n) is 4.20. The molecule has 4 nitrogen and oxygen atoms in total. The molecule has 0 saturated heterocycles. The molecule has 2 aromatic heterocycles. The molecule has 0 bridgehead atoms. The second kappa shape index (κ2) is 5.07. The summed E-state index contributed by atoms with van der Waals surface area (Å²) in [5.41, 5.74) is 7.27. The van der Waals surface area contributed by atoms with Crippen LogP contribution in [0.2, 0.25) is 0 Å². The number of fused-ring (bicyclic) bond motifs is 2. The highest BCUT2D eigenvalue weighted by atomic mass is 15.0. The molecule has 1 aromatic carbocycles. The molecule has 2 N–H and O–H groups in total. The fourth-order valence-corrected chi connectivity index (χ4v) is 4.20. The molecule has 4 heteroatoms. The molecule has 3 heterocycles. The van der Waals surface area contributed by atoms with Crippen molar-refractivity contribution < 1.29 is 0 Å². The molecular formula is C20H22N4. The molecule has 122 valence electrons. The van der Waals surface area contributed by atoms with Crippen molar-refractivity contribution in [3.8, 4) is 0 Å². The summed E-state index contributed by atoms with van der Waals surface area (Å²) < 4.78 is 0. The van der Waals surface area contributed by atoms with Crippen molar-refractivity contribution in [1.82, 2.24) is 15.0 Å². The number of nitrogens with zero attached hydrogens (tertiary/aromatic N) is 2. The highest BCUT2D eigenvalue weighted by molar-refractivity contribution is 5.72. The Labute approximate surface area is 141 Å². The molecule has 2 aliphatic rings. The van der Waals surface area contributed by atoms with Gasteiger partial charge in [0.2, 0.25) is 0 Å². The normalized spacial score (nSPS) is 18.7. The Morgan fingerprint density at radius 2 is 2.04 bits per heavy atom. The fraction of sp³-hybridized carbons (Fsp3) is 0.400. The van der Waals surface area contributed by atoms with E-state index in [0.717, 1.165) is 36.4 Å². The van der Waals surface area contributed by atoms with Gasteiger partial charge in [-0.25, -0.2) is 9.97 Å². The molecule has 1 fully saturated rings. The number of benzene rings is 1. The number of aromatic amines is 1. The van der Waals surface area contributed by atoms with E-state index in [9.17, 15) is 0 Å². The average Bonchev–Trinajstić information content (AvgIpc) is 2.96. The highest BCUT2D eigenvalue weighted by Crippen LogP contribution is 2.49. The zero-order valence-electron chi connectivity index (χ0n) is 14.0. The third-order valence-corrected chi connectivity index (χ3v) is 5.73. The van der Waals surface area contributed by atoms with Crippen molar-refractivity contribution in [2.24, 2.45) is 0 Å². The molecule has 1 aliphatic heterocycles. The summed E-state index contributed by atoms with van der Waals surface area (Å²) in [6, 6.07) is 9.10. The molecule has 0 amide bonds. The maximum atomic E-state index is 4.85. The van der Waals surface area contributed by atoms with Crippen molar-refractivity contribution in [2.45, 2.75) is 44.4 Å². The van der Waals surface area contributed by atoms with Crippen LogP contribution in [0.1, 0.15) is 48.2 Å². The maximum Gasteiger partial charge on any atom is 0.177 e. The Bertz CT molecular complexity index is 921. The second-order valence-electron chi connectivity index (χ2n) is 7.31. The number of nitrogens with one attached hydrogen (secondary N) is 2. The Hall–Kier alpha value is -2.36. The largest absolute Gasteiger partial charge is 0.385 e. The molecule has 1 aliphatic carbocycles. The van der Waals surface area contributed by atoms with E-state index in [4.69, 9.17) is 4.98 Å². The summed E-state index contributed by atoms with van der Waals surface area (Å²) in [6.07, 6.45) is 7.88. The minimum atomic E-state index is 0.0427. The quantitative estimate of drug-likeness (QED) is 0.748. The first kappa shape index (κ1) is 14.0. The van der Waals surface area contributed by atoms with Crippen molar-refractivity contribution in [1.29, 1.82) is 0 Å². The van der Waals surface area contributed by atoms with Crippen LogP contribution in [0, 0.1) is 6.92 Å². The first-order valence-corrected chi connectivity index (χ1v) is 8.95. The standard InChI is InChI=1S/C20H22N4/c1-13-10-17-18(22-12-13)24-19(23-17)20(7-3-8-20)15-5-6-16-14(11-15)4-2-9-21-16/h5-6,10-12,21H,2-4,7-9H2,1H3,(H,22,23,24). The predicted molar refractivity (Wildman–Crippen MR) is 96.5 cm³/mol. The number of hydrogen-bond donors (Lipinski definition) is 2. The van der Waals surface area contributed by atoms with Gasteiger partial charge in [0.15, 0.2) is 5.65 Å². The monoisotopic (exact) mass is 318 g/mol. The highest BCUT2D eigenvalue weighted by Gasteiger charge is 2.43. The molecule has 0 atom stereocenters. The van der Waals surface area contributed by atoms with Gasteiger partial charge in [0.25, 0.3) is 0 Å². The lowest BCUT2D eigenvalue weighted by atomic mass is 9.63. The van der Waals surface area contributed by atoms with Gasteiger partial charge in [0, 0.05) is 18.4 Å². The minimum Gasteiger partial charge on any atom is -0.385 e. The van der Waals surface area contributed by atoms with Crippen LogP contribution in [0.15, 0.2) is 30.5 Å². The average molecular weight is 318 g/mol. The third kappa shape index (κ3) is 1.98. The third-order valence-electron chi connectivity index (χ3n) is 5.73. The van der Waals surface area contributed by atoms with E-state index in [2.05, 4.69) is 46.5 Å². The number of pyridine rings is 1. The Morgan fingerprint density at radius 3 is 2.88 bits per heavy atom. The second-order valence-corrected chi connectivity index (χ2v) is 7.31. The van der Waals surface area contributed by atoms with Crippen molar-refractivity contribution in [3.05, 3.63) is 53.0 Å². The number of aromatic nitrogens is 3. The molecular weight excluding hydrogens is 296 g/mol. The van der Waals surface area contributed by atoms with Gasteiger partial charge in [0.1, 0.15) is 5.82 Å². The topological polar surface area (TPSA) is 53.6 Å². The summed E-state index contributed by atoms with van der Waals surface area (Å²) in [5, 5.41) is 3.51. The van der Waals surface area contributed by atoms with Crippen LogP contribution in [-0.4, -0.2) is 21.5 Å². The maximum absolute atomic E-state index is 4.85. The van der Waals surface area contributed by atoms with Gasteiger partial charge >= 0.3 is 0 Å². The Morgan fingerprint density at radius 1 is 1.12 bits per heavy atom. The number of hydrogen-bond acceptors (Lipinski definition) is 3. The summed E-state index contributed by atoms with van der Waals surface area (Å²) >= 11 is 0. The van der Waals surface area contributed by atoms with Crippen molar-refractivity contribution >= 4 is 16.9 Å². The molecule has 0 spiro atoms. The molecule has 3 aromatic rings. The summed E-state index contributed by atoms with van der Waals surface area (Å²) in [5.74, 6) is 1.09. The van der Waals surface area contributed by atoms with Gasteiger partial charge in [0.05, 0.1) is 10.9 Å². The molecule has 5 rings (SSSR count). The van der Waals surface area contributed by atoms with Gasteiger partial charge in [-0.3, -0.25) is 0 Å². The first-order valence-electron chi connectivity index (χ1n) is 8.95. The van der Waals surface area contributed by atoms with Gasteiger partial charge in [-0.05, 0) is 61.4 Å². The number of aryl methyl sites for hydroxylation is 2. The van der Waals surface area contributed by atoms with E-state index in [1.165, 1.54) is 41.6 Å². The number of imidazole rings is 1. The van der Waals surface area contributed by atoms with E-state index in [1.54, 1.807) is 0 Å². The van der Waals surface area contributed by atoms with Crippen LogP contribution in [0.3, 0.4) is 0 Å². The Kier molecular flexibility index (Phi) is 2.96. The summed E-state index contributed by atoms with van der Waals surface area (Å²) in [4.78, 5) is 12.9. The summed E-state index contributed by atoms with van der Waals surface area (Å²) in [6.45, 7) is 3.16. The summed E-state index contributed by atoms with van der Waals surface area (Å²) in [7, 11) is 0. The molecule has 24 heavy (non-hydrogen) atoms. The zero-order chi connectivity index (χ0) is 16.1. The molecule has 1 saturated carbocycles. The molecule has 0 unspecified atom stereocenters. The van der Waals surface area contributed by atoms with Crippen LogP contribution >= 0.6 is 0 Å². The van der Waals surface area contributed by atoms with E-state index < -0.39 is 0 Å². The zero-order valence-corrected chi connectivity index (χ0v) is 14.0. The first-order chi connectivity index (χ1) is 11.7. The number of H-pyrrole nitrogens is 1.